The fourth-order valence-electron chi connectivity index (χ4n) is 3.80. The molecular weight excluding hydrogens is 374 g/mol. The molecule has 0 aromatic rings. The van der Waals surface area contributed by atoms with Crippen LogP contribution < -0.4 is 10.6 Å². The van der Waals surface area contributed by atoms with Gasteiger partial charge < -0.3 is 15.4 Å². The molecule has 2 atom stereocenters. The first kappa shape index (κ1) is 23.2. The molecule has 0 aromatic carbocycles. The fourth-order valence-corrected chi connectivity index (χ4v) is 3.80. The van der Waals surface area contributed by atoms with E-state index in [2.05, 4.69) is 10.6 Å². The van der Waals surface area contributed by atoms with E-state index in [1.165, 1.54) is 19.8 Å². The van der Waals surface area contributed by atoms with E-state index in [9.17, 15) is 19.2 Å². The minimum absolute atomic E-state index is 0.110. The van der Waals surface area contributed by atoms with E-state index in [4.69, 9.17) is 4.74 Å². The van der Waals surface area contributed by atoms with Crippen LogP contribution in [0, 0.1) is 5.92 Å². The summed E-state index contributed by atoms with van der Waals surface area (Å²) < 4.78 is 5.19. The smallest absolute Gasteiger partial charge is 0.327 e. The van der Waals surface area contributed by atoms with Gasteiger partial charge in [-0.1, -0.05) is 39.5 Å². The van der Waals surface area contributed by atoms with Crippen LogP contribution in [0.4, 0.5) is 4.79 Å². The van der Waals surface area contributed by atoms with Gasteiger partial charge in [-0.3, -0.25) is 19.3 Å². The second-order valence-corrected chi connectivity index (χ2v) is 8.92. The monoisotopic (exact) mass is 409 g/mol. The molecule has 0 radical (unpaired) electrons. The van der Waals surface area contributed by atoms with Crippen LogP contribution in [0.2, 0.25) is 0 Å². The molecule has 2 rings (SSSR count). The summed E-state index contributed by atoms with van der Waals surface area (Å²) in [6.07, 6.45) is 6.70. The maximum absolute atomic E-state index is 12.7. The Balaban J connectivity index is 1.85. The highest BCUT2D eigenvalue weighted by molar-refractivity contribution is 6.08. The molecule has 8 heteroatoms. The van der Waals surface area contributed by atoms with Crippen molar-refractivity contribution in [1.82, 2.24) is 15.5 Å². The zero-order valence-electron chi connectivity index (χ0n) is 18.1. The average Bonchev–Trinajstić information content (AvgIpc) is 2.83. The van der Waals surface area contributed by atoms with Crippen LogP contribution in [-0.2, 0) is 19.1 Å². The fraction of sp³-hybridized carbons (Fsp3) is 0.810. The number of esters is 1. The number of amides is 4. The third kappa shape index (κ3) is 6.44. The highest BCUT2D eigenvalue weighted by Crippen LogP contribution is 2.24. The summed E-state index contributed by atoms with van der Waals surface area (Å²) in [5.41, 5.74) is -1.01. The molecule has 2 fully saturated rings. The number of ether oxygens (including phenoxy) is 1. The first-order chi connectivity index (χ1) is 13.6. The summed E-state index contributed by atoms with van der Waals surface area (Å²) in [7, 11) is 0. The molecule has 1 saturated carbocycles. The number of nitrogens with one attached hydrogen (secondary N) is 2. The second kappa shape index (κ2) is 10.1. The lowest BCUT2D eigenvalue weighted by Gasteiger charge is -2.23. The first-order valence-corrected chi connectivity index (χ1v) is 10.8. The van der Waals surface area contributed by atoms with Crippen LogP contribution >= 0.6 is 0 Å². The third-order valence-electron chi connectivity index (χ3n) is 5.73. The molecule has 0 unspecified atom stereocenters. The number of nitrogens with zero attached hydrogens (tertiary/aromatic N) is 1. The van der Waals surface area contributed by atoms with Gasteiger partial charge in [0.2, 0.25) is 0 Å². The molecule has 1 heterocycles. The number of urea groups is 1. The molecule has 164 valence electrons. The molecule has 29 heavy (non-hydrogen) atoms. The van der Waals surface area contributed by atoms with Crippen LogP contribution in [-0.4, -0.2) is 52.9 Å². The van der Waals surface area contributed by atoms with Gasteiger partial charge in [0.25, 0.3) is 11.8 Å². The summed E-state index contributed by atoms with van der Waals surface area (Å²) in [6, 6.07) is -0.493. The van der Waals surface area contributed by atoms with E-state index in [0.29, 0.717) is 12.3 Å². The van der Waals surface area contributed by atoms with Crippen molar-refractivity contribution in [2.75, 3.05) is 6.54 Å². The highest BCUT2D eigenvalue weighted by Gasteiger charge is 2.48. The standard InChI is InChI=1S/C21H35N3O5/c1-14(2)11-12-21(4)19(27)24(20(28)23-21)13-17(25)29-15(3)18(26)22-16-9-7-5-6-8-10-16/h14-16H,5-13H2,1-4H3,(H,22,26)(H,23,28)/t15-,21-/m1/s1. The van der Waals surface area contributed by atoms with E-state index < -0.39 is 36.1 Å². The van der Waals surface area contributed by atoms with Crippen molar-refractivity contribution in [1.29, 1.82) is 0 Å². The molecule has 0 aromatic heterocycles. The summed E-state index contributed by atoms with van der Waals surface area (Å²) in [5.74, 6) is -1.16. The molecule has 1 aliphatic carbocycles. The van der Waals surface area contributed by atoms with Crippen molar-refractivity contribution in [2.24, 2.45) is 5.92 Å². The molecule has 0 bridgehead atoms. The largest absolute Gasteiger partial charge is 0.451 e. The normalized spacial score (nSPS) is 24.2. The van der Waals surface area contributed by atoms with Gasteiger partial charge in [-0.15, -0.1) is 0 Å². The van der Waals surface area contributed by atoms with Gasteiger partial charge in [0, 0.05) is 6.04 Å². The molecular formula is C21H35N3O5. The molecule has 4 amide bonds. The average molecular weight is 410 g/mol. The van der Waals surface area contributed by atoms with Crippen molar-refractivity contribution in [3.63, 3.8) is 0 Å². The van der Waals surface area contributed by atoms with Crippen LogP contribution in [0.5, 0.6) is 0 Å². The van der Waals surface area contributed by atoms with Gasteiger partial charge in [0.1, 0.15) is 12.1 Å². The lowest BCUT2D eigenvalue weighted by atomic mass is 9.92. The third-order valence-corrected chi connectivity index (χ3v) is 5.73. The Labute approximate surface area is 173 Å². The second-order valence-electron chi connectivity index (χ2n) is 8.92. The lowest BCUT2D eigenvalue weighted by molar-refractivity contribution is -0.156. The first-order valence-electron chi connectivity index (χ1n) is 10.8. The predicted octanol–water partition coefficient (Wildman–Crippen LogP) is 2.50. The Morgan fingerprint density at radius 1 is 1.17 bits per heavy atom. The molecule has 1 saturated heterocycles. The van der Waals surface area contributed by atoms with Crippen molar-refractivity contribution < 1.29 is 23.9 Å². The zero-order valence-corrected chi connectivity index (χ0v) is 18.1. The van der Waals surface area contributed by atoms with Gasteiger partial charge in [-0.05, 0) is 45.4 Å². The zero-order chi connectivity index (χ0) is 21.6. The van der Waals surface area contributed by atoms with Gasteiger partial charge >= 0.3 is 12.0 Å². The number of carbonyl (C=O) groups excluding carboxylic acids is 4. The summed E-state index contributed by atoms with van der Waals surface area (Å²) in [5, 5.41) is 5.62. The van der Waals surface area contributed by atoms with Crippen molar-refractivity contribution in [2.45, 2.75) is 96.7 Å². The van der Waals surface area contributed by atoms with Crippen LogP contribution in [0.1, 0.15) is 79.1 Å². The van der Waals surface area contributed by atoms with Crippen molar-refractivity contribution in [3.05, 3.63) is 0 Å². The number of hydrogen-bond donors (Lipinski definition) is 2. The number of rotatable bonds is 8. The Morgan fingerprint density at radius 3 is 2.38 bits per heavy atom. The Bertz CT molecular complexity index is 628. The molecule has 1 aliphatic heterocycles. The molecule has 2 aliphatic rings. The summed E-state index contributed by atoms with van der Waals surface area (Å²) in [4.78, 5) is 50.3. The van der Waals surface area contributed by atoms with E-state index in [1.54, 1.807) is 6.92 Å². The van der Waals surface area contributed by atoms with Gasteiger partial charge in [0.15, 0.2) is 6.10 Å². The Kier molecular flexibility index (Phi) is 8.05. The van der Waals surface area contributed by atoms with Crippen molar-refractivity contribution >= 4 is 23.8 Å². The maximum atomic E-state index is 12.7. The maximum Gasteiger partial charge on any atom is 0.327 e. The topological polar surface area (TPSA) is 105 Å². The van der Waals surface area contributed by atoms with Gasteiger partial charge in [-0.25, -0.2) is 4.79 Å². The summed E-state index contributed by atoms with van der Waals surface area (Å²) >= 11 is 0. The highest BCUT2D eigenvalue weighted by atomic mass is 16.5. The van der Waals surface area contributed by atoms with Crippen molar-refractivity contribution in [3.8, 4) is 0 Å². The van der Waals surface area contributed by atoms with E-state index in [1.807, 2.05) is 13.8 Å². The minimum atomic E-state index is -1.01. The molecule has 2 N–H and O–H groups in total. The quantitative estimate of drug-likeness (QED) is 0.364. The number of hydrogen-bond acceptors (Lipinski definition) is 5. The Morgan fingerprint density at radius 2 is 1.79 bits per heavy atom. The molecule has 0 spiro atoms. The van der Waals surface area contributed by atoms with E-state index in [-0.39, 0.29) is 11.9 Å². The number of carbonyl (C=O) groups is 4. The lowest BCUT2D eigenvalue weighted by Crippen LogP contribution is -2.45. The SMILES string of the molecule is CC(C)CC[C@@]1(C)NC(=O)N(CC(=O)O[C@H](C)C(=O)NC2CCCCCC2)C1=O. The van der Waals surface area contributed by atoms with Crippen LogP contribution in [0.15, 0.2) is 0 Å². The minimum Gasteiger partial charge on any atom is -0.451 e. The van der Waals surface area contributed by atoms with E-state index in [0.717, 1.165) is 37.0 Å². The molecule has 8 nitrogen and oxygen atoms in total. The van der Waals surface area contributed by atoms with E-state index >= 15 is 0 Å². The van der Waals surface area contributed by atoms with Crippen LogP contribution in [0.25, 0.3) is 0 Å². The van der Waals surface area contributed by atoms with Crippen LogP contribution in [0.3, 0.4) is 0 Å². The van der Waals surface area contributed by atoms with Gasteiger partial charge in [-0.2, -0.15) is 0 Å². The van der Waals surface area contributed by atoms with Gasteiger partial charge in [0.05, 0.1) is 0 Å². The predicted molar refractivity (Wildman–Crippen MR) is 108 cm³/mol. The summed E-state index contributed by atoms with van der Waals surface area (Å²) in [6.45, 7) is 6.76. The number of imide groups is 1. The Hall–Kier alpha value is -2.12.